The summed E-state index contributed by atoms with van der Waals surface area (Å²) in [4.78, 5) is 3.04. The Hall–Kier alpha value is -1.57. The minimum atomic E-state index is 0.272. The van der Waals surface area contributed by atoms with Crippen LogP contribution in [0.4, 0.5) is 0 Å². The number of rotatable bonds is 5. The first kappa shape index (κ1) is 12.9. The fourth-order valence-corrected chi connectivity index (χ4v) is 2.07. The molecule has 0 aliphatic carbocycles. The first-order valence-corrected chi connectivity index (χ1v) is 6.32. The van der Waals surface area contributed by atoms with Gasteiger partial charge in [0.2, 0.25) is 0 Å². The molecule has 0 amide bonds. The van der Waals surface area contributed by atoms with E-state index in [-0.39, 0.29) is 6.04 Å². The predicted octanol–water partition coefficient (Wildman–Crippen LogP) is -0.250. The van der Waals surface area contributed by atoms with Crippen molar-refractivity contribution >= 4 is 23.4 Å². The Bertz CT molecular complexity index is 441. The molecule has 0 spiro atoms. The molecule has 2 rings (SSSR count). The van der Waals surface area contributed by atoms with Crippen LogP contribution < -0.4 is 5.43 Å². The van der Waals surface area contributed by atoms with Gasteiger partial charge in [-0.15, -0.1) is 5.10 Å². The standard InChI is InChI=1S/C10H17N7S/c1-16(8-6-11-12-7-8)10(18)5-3-4-9-13-14-15-17(9)2/h6,8,12H,3-5,7H2,1-2H3. The number of likely N-dealkylation sites (N-methyl/N-ethyl adjacent to an activating group) is 1. The van der Waals surface area contributed by atoms with Gasteiger partial charge < -0.3 is 10.3 Å². The molecule has 98 valence electrons. The van der Waals surface area contributed by atoms with Crippen LogP contribution in [0.15, 0.2) is 5.10 Å². The summed E-state index contributed by atoms with van der Waals surface area (Å²) in [5, 5.41) is 15.4. The summed E-state index contributed by atoms with van der Waals surface area (Å²) in [6.07, 6.45) is 4.55. The van der Waals surface area contributed by atoms with Gasteiger partial charge in [-0.1, -0.05) is 12.2 Å². The van der Waals surface area contributed by atoms with Gasteiger partial charge in [-0.2, -0.15) is 5.10 Å². The monoisotopic (exact) mass is 267 g/mol. The van der Waals surface area contributed by atoms with E-state index in [9.17, 15) is 0 Å². The second-order valence-corrected chi connectivity index (χ2v) is 4.76. The highest BCUT2D eigenvalue weighted by atomic mass is 32.1. The summed E-state index contributed by atoms with van der Waals surface area (Å²) in [5.41, 5.74) is 2.93. The first-order chi connectivity index (χ1) is 8.68. The molecular weight excluding hydrogens is 250 g/mol. The lowest BCUT2D eigenvalue weighted by Gasteiger charge is -2.24. The van der Waals surface area contributed by atoms with Crippen molar-refractivity contribution in [3.63, 3.8) is 0 Å². The van der Waals surface area contributed by atoms with E-state index in [2.05, 4.69) is 31.0 Å². The summed E-state index contributed by atoms with van der Waals surface area (Å²) in [7, 11) is 3.86. The van der Waals surface area contributed by atoms with E-state index in [0.29, 0.717) is 0 Å². The van der Waals surface area contributed by atoms with E-state index in [1.54, 1.807) is 4.68 Å². The molecular formula is C10H17N7S. The average molecular weight is 267 g/mol. The third kappa shape index (κ3) is 3.00. The van der Waals surface area contributed by atoms with Crippen LogP contribution in [0.3, 0.4) is 0 Å². The molecule has 0 aromatic carbocycles. The van der Waals surface area contributed by atoms with E-state index < -0.39 is 0 Å². The normalized spacial score (nSPS) is 17.8. The zero-order chi connectivity index (χ0) is 13.0. The topological polar surface area (TPSA) is 71.2 Å². The first-order valence-electron chi connectivity index (χ1n) is 5.91. The van der Waals surface area contributed by atoms with Gasteiger partial charge in [0.25, 0.3) is 0 Å². The third-order valence-electron chi connectivity index (χ3n) is 3.03. The third-order valence-corrected chi connectivity index (χ3v) is 3.52. The van der Waals surface area contributed by atoms with Crippen molar-refractivity contribution in [2.24, 2.45) is 12.1 Å². The second-order valence-electron chi connectivity index (χ2n) is 4.28. The molecule has 1 atom stereocenters. The Morgan fingerprint density at radius 2 is 2.50 bits per heavy atom. The molecule has 0 radical (unpaired) electrons. The molecule has 1 aromatic heterocycles. The number of nitrogens with zero attached hydrogens (tertiary/aromatic N) is 6. The Morgan fingerprint density at radius 3 is 3.11 bits per heavy atom. The molecule has 7 nitrogen and oxygen atoms in total. The van der Waals surface area contributed by atoms with Crippen molar-refractivity contribution in [1.29, 1.82) is 0 Å². The smallest absolute Gasteiger partial charge is 0.150 e. The maximum atomic E-state index is 5.42. The van der Waals surface area contributed by atoms with E-state index in [4.69, 9.17) is 12.2 Å². The van der Waals surface area contributed by atoms with Gasteiger partial charge in [0.05, 0.1) is 17.6 Å². The molecule has 1 N–H and O–H groups in total. The van der Waals surface area contributed by atoms with Crippen LogP contribution >= 0.6 is 12.2 Å². The van der Waals surface area contributed by atoms with E-state index in [0.717, 1.165) is 36.6 Å². The number of aryl methyl sites for hydroxylation is 2. The number of thiocarbonyl (C=S) groups is 1. The summed E-state index contributed by atoms with van der Waals surface area (Å²) in [5.74, 6) is 0.893. The summed E-state index contributed by atoms with van der Waals surface area (Å²) in [6, 6.07) is 0.272. The van der Waals surface area contributed by atoms with Crippen LogP contribution in [0.5, 0.6) is 0 Å². The highest BCUT2D eigenvalue weighted by Gasteiger charge is 2.17. The predicted molar refractivity (Wildman–Crippen MR) is 72.4 cm³/mol. The molecule has 1 unspecified atom stereocenters. The number of hydrazone groups is 1. The number of hydrogen-bond acceptors (Lipinski definition) is 6. The number of hydrogen-bond donors (Lipinski definition) is 1. The number of nitrogens with one attached hydrogen (secondary N) is 1. The number of tetrazole rings is 1. The molecule has 0 saturated heterocycles. The molecule has 18 heavy (non-hydrogen) atoms. The Balaban J connectivity index is 1.74. The van der Waals surface area contributed by atoms with Gasteiger partial charge in [-0.25, -0.2) is 4.68 Å². The van der Waals surface area contributed by atoms with E-state index in [1.807, 2.05) is 20.3 Å². The maximum absolute atomic E-state index is 5.42. The minimum absolute atomic E-state index is 0.272. The van der Waals surface area contributed by atoms with Crippen molar-refractivity contribution in [2.75, 3.05) is 13.6 Å². The lowest BCUT2D eigenvalue weighted by Crippen LogP contribution is -2.39. The Labute approximate surface area is 111 Å². The zero-order valence-electron chi connectivity index (χ0n) is 10.6. The van der Waals surface area contributed by atoms with Crippen LogP contribution in [0, 0.1) is 0 Å². The lowest BCUT2D eigenvalue weighted by atomic mass is 10.2. The van der Waals surface area contributed by atoms with Gasteiger partial charge >= 0.3 is 0 Å². The SMILES string of the molecule is CN(C(=S)CCCc1nnnn1C)C1C=NNC1. The molecule has 2 heterocycles. The van der Waals surface area contributed by atoms with Gasteiger partial charge in [0, 0.05) is 26.7 Å². The Morgan fingerprint density at radius 1 is 1.67 bits per heavy atom. The largest absolute Gasteiger partial charge is 0.359 e. The lowest BCUT2D eigenvalue weighted by molar-refractivity contribution is 0.450. The van der Waals surface area contributed by atoms with Crippen LogP contribution in [-0.4, -0.2) is 55.9 Å². The van der Waals surface area contributed by atoms with Crippen molar-refractivity contribution in [3.8, 4) is 0 Å². The van der Waals surface area contributed by atoms with Crippen molar-refractivity contribution in [1.82, 2.24) is 30.5 Å². The van der Waals surface area contributed by atoms with Crippen LogP contribution in [-0.2, 0) is 13.5 Å². The Kier molecular flexibility index (Phi) is 4.19. The van der Waals surface area contributed by atoms with Gasteiger partial charge in [0.15, 0.2) is 5.82 Å². The maximum Gasteiger partial charge on any atom is 0.150 e. The molecule has 1 aliphatic heterocycles. The fraction of sp³-hybridized carbons (Fsp3) is 0.700. The molecule has 1 aliphatic rings. The zero-order valence-corrected chi connectivity index (χ0v) is 11.4. The minimum Gasteiger partial charge on any atom is -0.359 e. The van der Waals surface area contributed by atoms with Crippen LogP contribution in [0.25, 0.3) is 0 Å². The van der Waals surface area contributed by atoms with E-state index in [1.165, 1.54) is 0 Å². The van der Waals surface area contributed by atoms with Crippen molar-refractivity contribution in [2.45, 2.75) is 25.3 Å². The highest BCUT2D eigenvalue weighted by Crippen LogP contribution is 2.07. The molecule has 0 saturated carbocycles. The van der Waals surface area contributed by atoms with Crippen LogP contribution in [0.2, 0.25) is 0 Å². The van der Waals surface area contributed by atoms with Crippen molar-refractivity contribution < 1.29 is 0 Å². The highest BCUT2D eigenvalue weighted by molar-refractivity contribution is 7.80. The van der Waals surface area contributed by atoms with Gasteiger partial charge in [0.1, 0.15) is 0 Å². The molecule has 1 aromatic rings. The van der Waals surface area contributed by atoms with E-state index >= 15 is 0 Å². The summed E-state index contributed by atoms with van der Waals surface area (Å²) in [6.45, 7) is 0.823. The van der Waals surface area contributed by atoms with Gasteiger partial charge in [-0.05, 0) is 23.3 Å². The second kappa shape index (κ2) is 5.85. The number of aromatic nitrogens is 4. The summed E-state index contributed by atoms with van der Waals surface area (Å²) < 4.78 is 1.69. The quantitative estimate of drug-likeness (QED) is 0.742. The molecule has 0 fully saturated rings. The summed E-state index contributed by atoms with van der Waals surface area (Å²) >= 11 is 5.42. The molecule has 8 heteroatoms. The van der Waals surface area contributed by atoms with Gasteiger partial charge in [-0.3, -0.25) is 0 Å². The van der Waals surface area contributed by atoms with Crippen molar-refractivity contribution in [3.05, 3.63) is 5.82 Å². The average Bonchev–Trinajstić information content (AvgIpc) is 3.00. The fourth-order valence-electron chi connectivity index (χ4n) is 1.79. The molecule has 0 bridgehead atoms. The van der Waals surface area contributed by atoms with Crippen LogP contribution in [0.1, 0.15) is 18.7 Å².